The first-order valence-electron chi connectivity index (χ1n) is 7.34. The first-order chi connectivity index (χ1) is 10.1. The van der Waals surface area contributed by atoms with Gasteiger partial charge in [0.2, 0.25) is 0 Å². The third-order valence-electron chi connectivity index (χ3n) is 3.95. The van der Waals surface area contributed by atoms with Crippen molar-refractivity contribution in [3.8, 4) is 0 Å². The summed E-state index contributed by atoms with van der Waals surface area (Å²) in [6.45, 7) is 4.80. The van der Waals surface area contributed by atoms with Gasteiger partial charge in [0.15, 0.2) is 0 Å². The van der Waals surface area contributed by atoms with Crippen molar-refractivity contribution in [1.29, 1.82) is 0 Å². The second-order valence-electron chi connectivity index (χ2n) is 5.58. The Kier molecular flexibility index (Phi) is 3.52. The molecule has 0 aliphatic carbocycles. The minimum absolute atomic E-state index is 0.500. The maximum absolute atomic E-state index is 10.8. The van der Waals surface area contributed by atoms with E-state index < -0.39 is 5.60 Å². The molecule has 0 aliphatic rings. The van der Waals surface area contributed by atoms with Gasteiger partial charge < -0.3 is 9.67 Å². The molecule has 108 valence electrons. The maximum atomic E-state index is 10.8. The molecule has 0 spiro atoms. The average Bonchev–Trinajstić information content (AvgIpc) is 2.84. The van der Waals surface area contributed by atoms with E-state index >= 15 is 0 Å². The summed E-state index contributed by atoms with van der Waals surface area (Å²) >= 11 is 0. The van der Waals surface area contributed by atoms with Crippen LogP contribution in [0.3, 0.4) is 0 Å². The Morgan fingerprint density at radius 1 is 1.05 bits per heavy atom. The summed E-state index contributed by atoms with van der Waals surface area (Å²) in [5.41, 5.74) is 2.10. The van der Waals surface area contributed by atoms with Crippen LogP contribution in [0.25, 0.3) is 11.0 Å². The zero-order chi connectivity index (χ0) is 14.9. The fourth-order valence-electron chi connectivity index (χ4n) is 2.82. The summed E-state index contributed by atoms with van der Waals surface area (Å²) in [6, 6.07) is 17.9. The van der Waals surface area contributed by atoms with Crippen LogP contribution in [0.5, 0.6) is 0 Å². The summed E-state index contributed by atoms with van der Waals surface area (Å²) in [6.07, 6.45) is 0.500. The number of hydrogen-bond donors (Lipinski definition) is 1. The normalized spacial score (nSPS) is 14.2. The maximum Gasteiger partial charge on any atom is 0.113 e. The topological polar surface area (TPSA) is 38.0 Å². The molecule has 0 fully saturated rings. The summed E-state index contributed by atoms with van der Waals surface area (Å²) in [5, 5.41) is 10.8. The van der Waals surface area contributed by atoms with Crippen molar-refractivity contribution in [2.24, 2.45) is 0 Å². The quantitative estimate of drug-likeness (QED) is 0.794. The molecule has 3 aromatic rings. The minimum Gasteiger partial charge on any atom is -0.385 e. The molecule has 3 nitrogen and oxygen atoms in total. The van der Waals surface area contributed by atoms with Gasteiger partial charge in [0.25, 0.3) is 0 Å². The lowest BCUT2D eigenvalue weighted by molar-refractivity contribution is 0.0547. The van der Waals surface area contributed by atoms with Crippen molar-refractivity contribution >= 4 is 11.0 Å². The Hall–Kier alpha value is -2.13. The molecule has 0 aliphatic heterocycles. The van der Waals surface area contributed by atoms with Crippen molar-refractivity contribution in [3.05, 3.63) is 66.0 Å². The molecule has 1 atom stereocenters. The van der Waals surface area contributed by atoms with Crippen LogP contribution < -0.4 is 0 Å². The molecule has 1 heterocycles. The van der Waals surface area contributed by atoms with E-state index in [1.807, 2.05) is 55.5 Å². The molecule has 0 saturated carbocycles. The van der Waals surface area contributed by atoms with Crippen LogP contribution in [-0.4, -0.2) is 14.7 Å². The fourth-order valence-corrected chi connectivity index (χ4v) is 2.82. The molecule has 3 rings (SSSR count). The number of imidazole rings is 1. The second-order valence-corrected chi connectivity index (χ2v) is 5.58. The van der Waals surface area contributed by atoms with Gasteiger partial charge in [0.05, 0.1) is 16.6 Å². The highest BCUT2D eigenvalue weighted by Crippen LogP contribution is 2.26. The molecule has 1 aromatic heterocycles. The van der Waals surface area contributed by atoms with E-state index in [2.05, 4.69) is 17.6 Å². The third-order valence-corrected chi connectivity index (χ3v) is 3.95. The van der Waals surface area contributed by atoms with Gasteiger partial charge in [-0.2, -0.15) is 0 Å². The predicted molar refractivity (Wildman–Crippen MR) is 85.1 cm³/mol. The largest absolute Gasteiger partial charge is 0.385 e. The molecule has 0 amide bonds. The van der Waals surface area contributed by atoms with Crippen LogP contribution in [0.1, 0.15) is 25.2 Å². The summed E-state index contributed by atoms with van der Waals surface area (Å²) in [4.78, 5) is 4.70. The monoisotopic (exact) mass is 280 g/mol. The Morgan fingerprint density at radius 2 is 1.71 bits per heavy atom. The van der Waals surface area contributed by atoms with Crippen molar-refractivity contribution < 1.29 is 5.11 Å². The molecule has 21 heavy (non-hydrogen) atoms. The average molecular weight is 280 g/mol. The van der Waals surface area contributed by atoms with E-state index in [4.69, 9.17) is 4.98 Å². The fraction of sp³-hybridized carbons (Fsp3) is 0.278. The van der Waals surface area contributed by atoms with Crippen molar-refractivity contribution in [2.45, 2.75) is 32.4 Å². The van der Waals surface area contributed by atoms with Crippen molar-refractivity contribution in [2.75, 3.05) is 0 Å². The lowest BCUT2D eigenvalue weighted by atomic mass is 9.92. The van der Waals surface area contributed by atoms with Gasteiger partial charge >= 0.3 is 0 Å². The summed E-state index contributed by atoms with van der Waals surface area (Å²) in [5.74, 6) is 0.924. The highest BCUT2D eigenvalue weighted by Gasteiger charge is 2.26. The molecule has 1 unspecified atom stereocenters. The predicted octanol–water partition coefficient (Wildman–Crippen LogP) is 3.51. The second kappa shape index (κ2) is 5.34. The number of fused-ring (bicyclic) bond motifs is 1. The highest BCUT2D eigenvalue weighted by atomic mass is 16.3. The number of rotatable bonds is 4. The van der Waals surface area contributed by atoms with Crippen LogP contribution >= 0.6 is 0 Å². The Bertz CT molecular complexity index is 744. The van der Waals surface area contributed by atoms with E-state index in [1.165, 1.54) is 0 Å². The van der Waals surface area contributed by atoms with Gasteiger partial charge in [-0.1, -0.05) is 42.5 Å². The molecule has 1 N–H and O–H groups in total. The Morgan fingerprint density at radius 3 is 2.43 bits per heavy atom. The Labute approximate surface area is 124 Å². The van der Waals surface area contributed by atoms with Crippen LogP contribution in [0.2, 0.25) is 0 Å². The number of aryl methyl sites for hydroxylation is 1. The number of aliphatic hydroxyl groups is 1. The first-order valence-corrected chi connectivity index (χ1v) is 7.34. The third kappa shape index (κ3) is 2.57. The Balaban J connectivity index is 2.01. The van der Waals surface area contributed by atoms with Gasteiger partial charge in [0.1, 0.15) is 5.82 Å². The zero-order valence-corrected chi connectivity index (χ0v) is 12.5. The van der Waals surface area contributed by atoms with Crippen LogP contribution in [0.4, 0.5) is 0 Å². The van der Waals surface area contributed by atoms with Crippen LogP contribution in [0.15, 0.2) is 54.6 Å². The van der Waals surface area contributed by atoms with Crippen LogP contribution in [0, 0.1) is 0 Å². The number of aromatic nitrogens is 2. The number of benzene rings is 2. The highest BCUT2D eigenvalue weighted by molar-refractivity contribution is 5.75. The standard InChI is InChI=1S/C18H20N2O/c1-3-20-16-12-8-7-11-15(16)19-17(20)13-18(2,21)14-9-5-4-6-10-14/h4-12,21H,3,13H2,1-2H3. The molecule has 3 heteroatoms. The van der Waals surface area contributed by atoms with E-state index in [1.54, 1.807) is 0 Å². The van der Waals surface area contributed by atoms with Gasteiger partial charge in [-0.05, 0) is 31.5 Å². The van der Waals surface area contributed by atoms with Crippen molar-refractivity contribution in [3.63, 3.8) is 0 Å². The van der Waals surface area contributed by atoms with E-state index in [9.17, 15) is 5.11 Å². The van der Waals surface area contributed by atoms with Gasteiger partial charge in [-0.15, -0.1) is 0 Å². The number of nitrogens with zero attached hydrogens (tertiary/aromatic N) is 2. The molecule has 2 aromatic carbocycles. The lowest BCUT2D eigenvalue weighted by Crippen LogP contribution is -2.26. The SMILES string of the molecule is CCn1c(CC(C)(O)c2ccccc2)nc2ccccc21. The molecular weight excluding hydrogens is 260 g/mol. The molecule has 0 saturated heterocycles. The van der Waals surface area contributed by atoms with E-state index in [0.29, 0.717) is 6.42 Å². The molecule has 0 radical (unpaired) electrons. The molecule has 0 bridgehead atoms. The first kappa shape index (κ1) is 13.8. The van der Waals surface area contributed by atoms with Gasteiger partial charge in [-0.3, -0.25) is 0 Å². The summed E-state index contributed by atoms with van der Waals surface area (Å²) in [7, 11) is 0. The number of hydrogen-bond acceptors (Lipinski definition) is 2. The molecular formula is C18H20N2O. The minimum atomic E-state index is -0.921. The van der Waals surface area contributed by atoms with Crippen molar-refractivity contribution in [1.82, 2.24) is 9.55 Å². The smallest absolute Gasteiger partial charge is 0.113 e. The van der Waals surface area contributed by atoms with Crippen LogP contribution in [-0.2, 0) is 18.6 Å². The van der Waals surface area contributed by atoms with E-state index in [0.717, 1.165) is 29.0 Å². The number of para-hydroxylation sites is 2. The van der Waals surface area contributed by atoms with E-state index in [-0.39, 0.29) is 0 Å². The van der Waals surface area contributed by atoms with Gasteiger partial charge in [-0.25, -0.2) is 4.98 Å². The summed E-state index contributed by atoms with van der Waals surface area (Å²) < 4.78 is 2.17. The van der Waals surface area contributed by atoms with Gasteiger partial charge in [0, 0.05) is 13.0 Å². The lowest BCUT2D eigenvalue weighted by Gasteiger charge is -2.23. The zero-order valence-electron chi connectivity index (χ0n) is 12.5.